The largest absolute Gasteiger partial charge is 0.508 e. The highest BCUT2D eigenvalue weighted by molar-refractivity contribution is 7.79. The van der Waals surface area contributed by atoms with Crippen LogP contribution in [0.3, 0.4) is 0 Å². The highest BCUT2D eigenvalue weighted by Gasteiger charge is 2.64. The highest BCUT2D eigenvalue weighted by Crippen LogP contribution is 2.54. The second-order valence-corrected chi connectivity index (χ2v) is 12.0. The Morgan fingerprint density at radius 1 is 1.18 bits per heavy atom. The van der Waals surface area contributed by atoms with Crippen LogP contribution >= 0.6 is 0 Å². The average molecular weight is 643 g/mol. The monoisotopic (exact) mass is 642 g/mol. The van der Waals surface area contributed by atoms with Crippen LogP contribution in [0, 0.1) is 22.0 Å². The number of nitro groups is 1. The Balaban J connectivity index is 0.000000978. The minimum Gasteiger partial charge on any atom is -0.508 e. The van der Waals surface area contributed by atoms with Gasteiger partial charge in [-0.3, -0.25) is 38.5 Å². The molecule has 0 aromatic heterocycles. The highest BCUT2D eigenvalue weighted by atomic mass is 32.3. The van der Waals surface area contributed by atoms with Gasteiger partial charge in [0.05, 0.1) is 16.5 Å². The number of Topliss-reactive ketones (excluding diaryl/α,β-unsaturated/α-hetero) is 2. The fraction of sp³-hybridized carbons (Fsp3) is 0.500. The second-order valence-electron chi connectivity index (χ2n) is 11.1. The molecule has 0 aliphatic heterocycles. The number of likely N-dealkylation sites (N-methyl/N-ethyl adjacent to an activating group) is 1. The number of anilines is 1. The number of rotatable bonds is 7. The minimum atomic E-state index is -4.67. The van der Waals surface area contributed by atoms with Gasteiger partial charge in [0.25, 0.3) is 5.91 Å². The smallest absolute Gasteiger partial charge is 0.394 e. The number of hydrogen-bond acceptors (Lipinski definition) is 13. The van der Waals surface area contributed by atoms with Crippen molar-refractivity contribution in [3.05, 3.63) is 44.2 Å². The Morgan fingerprint density at radius 2 is 1.75 bits per heavy atom. The maximum atomic E-state index is 13.9. The summed E-state index contributed by atoms with van der Waals surface area (Å²) in [5, 5.41) is 56.6. The van der Waals surface area contributed by atoms with Gasteiger partial charge in [-0.2, -0.15) is 8.42 Å². The lowest BCUT2D eigenvalue weighted by atomic mass is 9.57. The SMILES string of the molecule is CCCCN(C)c1cc([N+](=O)[O-])c(O)c2c1CC1CC3[C@H](N(C)C)C(=O)C(C(N)=O)=C(O)[C@@]3(O)C(=O)C1=C2O.O=S(=O)(O)O. The molecule has 3 aliphatic carbocycles. The van der Waals surface area contributed by atoms with E-state index in [2.05, 4.69) is 0 Å². The molecule has 1 fully saturated rings. The van der Waals surface area contributed by atoms with Crippen LogP contribution in [0.15, 0.2) is 23.0 Å². The van der Waals surface area contributed by atoms with E-state index < -0.39 is 84.8 Å². The predicted octanol–water partition coefficient (Wildman–Crippen LogP) is 0.456. The van der Waals surface area contributed by atoms with Crippen LogP contribution in [0.25, 0.3) is 5.76 Å². The summed E-state index contributed by atoms with van der Waals surface area (Å²) < 4.78 is 31.6. The van der Waals surface area contributed by atoms with Crippen molar-refractivity contribution in [2.45, 2.75) is 44.2 Å². The maximum absolute atomic E-state index is 13.9. The summed E-state index contributed by atoms with van der Waals surface area (Å²) in [4.78, 5) is 53.3. The van der Waals surface area contributed by atoms with Crippen LogP contribution in [0.1, 0.15) is 37.3 Å². The molecule has 0 radical (unpaired) electrons. The molecular weight excluding hydrogens is 608 g/mol. The quantitative estimate of drug-likeness (QED) is 0.0920. The molecule has 0 spiro atoms. The summed E-state index contributed by atoms with van der Waals surface area (Å²) >= 11 is 0. The second kappa shape index (κ2) is 12.1. The number of nitrogens with two attached hydrogens (primary N) is 1. The van der Waals surface area contributed by atoms with Crippen LogP contribution < -0.4 is 10.6 Å². The van der Waals surface area contributed by atoms with E-state index in [-0.39, 0.29) is 24.0 Å². The normalized spacial score (nSPS) is 24.7. The number of aromatic hydroxyl groups is 1. The number of aliphatic hydroxyl groups excluding tert-OH is 2. The van der Waals surface area contributed by atoms with E-state index in [0.29, 0.717) is 17.8 Å². The number of primary amides is 1. The van der Waals surface area contributed by atoms with E-state index in [1.807, 2.05) is 6.92 Å². The van der Waals surface area contributed by atoms with Crippen molar-refractivity contribution < 1.29 is 57.3 Å². The first-order valence-electron chi connectivity index (χ1n) is 13.3. The molecule has 18 heteroatoms. The molecule has 1 aromatic carbocycles. The van der Waals surface area contributed by atoms with Gasteiger partial charge in [-0.1, -0.05) is 13.3 Å². The molecule has 0 bridgehead atoms. The molecule has 0 saturated heterocycles. The molecule has 3 aliphatic rings. The number of carbonyl (C=O) groups excluding carboxylic acids is 3. The summed E-state index contributed by atoms with van der Waals surface area (Å²) in [7, 11) is 0.0972. The van der Waals surface area contributed by atoms with Gasteiger partial charge in [0, 0.05) is 36.8 Å². The fourth-order valence-electron chi connectivity index (χ4n) is 6.27. The van der Waals surface area contributed by atoms with Crippen molar-refractivity contribution in [2.24, 2.45) is 17.6 Å². The van der Waals surface area contributed by atoms with Gasteiger partial charge in [0.1, 0.15) is 17.1 Å². The number of fused-ring (bicyclic) bond motifs is 3. The zero-order valence-corrected chi connectivity index (χ0v) is 25.0. The third kappa shape index (κ3) is 5.85. The zero-order chi connectivity index (χ0) is 33.6. The number of aliphatic hydroxyl groups is 3. The zero-order valence-electron chi connectivity index (χ0n) is 24.2. The number of phenolic OH excluding ortho intramolecular Hbond substituents is 1. The predicted molar refractivity (Wildman–Crippen MR) is 153 cm³/mol. The molecule has 4 rings (SSSR count). The van der Waals surface area contributed by atoms with Gasteiger partial charge in [-0.05, 0) is 44.8 Å². The number of unbranched alkanes of at least 4 members (excludes halogenated alkanes) is 1. The van der Waals surface area contributed by atoms with Crippen LogP contribution in [0.2, 0.25) is 0 Å². The van der Waals surface area contributed by atoms with Crippen molar-refractivity contribution >= 4 is 45.0 Å². The summed E-state index contributed by atoms with van der Waals surface area (Å²) in [5.41, 5.74) is 1.07. The molecule has 17 nitrogen and oxygen atoms in total. The Morgan fingerprint density at radius 3 is 2.23 bits per heavy atom. The van der Waals surface area contributed by atoms with Gasteiger partial charge in [0.2, 0.25) is 11.5 Å². The number of hydrogen-bond donors (Lipinski definition) is 7. The third-order valence-electron chi connectivity index (χ3n) is 8.13. The van der Waals surface area contributed by atoms with Crippen LogP contribution in [-0.2, 0) is 31.2 Å². The van der Waals surface area contributed by atoms with Crippen molar-refractivity contribution in [1.29, 1.82) is 0 Å². The molecule has 242 valence electrons. The van der Waals surface area contributed by atoms with Crippen molar-refractivity contribution in [2.75, 3.05) is 32.6 Å². The number of benzene rings is 1. The Labute approximate surface area is 251 Å². The Bertz CT molecular complexity index is 1590. The first-order valence-corrected chi connectivity index (χ1v) is 14.7. The molecule has 0 heterocycles. The van der Waals surface area contributed by atoms with E-state index >= 15 is 0 Å². The average Bonchev–Trinajstić information content (AvgIpc) is 2.88. The van der Waals surface area contributed by atoms with Gasteiger partial charge >= 0.3 is 16.1 Å². The lowest BCUT2D eigenvalue weighted by molar-refractivity contribution is -0.385. The van der Waals surface area contributed by atoms with Crippen molar-refractivity contribution in [3.8, 4) is 5.75 Å². The van der Waals surface area contributed by atoms with E-state index in [0.717, 1.165) is 12.8 Å². The number of ketones is 2. The van der Waals surface area contributed by atoms with Crippen molar-refractivity contribution in [3.63, 3.8) is 0 Å². The molecule has 1 amide bonds. The number of nitro benzene ring substituents is 1. The Hall–Kier alpha value is -4.10. The molecule has 1 saturated carbocycles. The third-order valence-corrected chi connectivity index (χ3v) is 8.13. The van der Waals surface area contributed by atoms with E-state index in [1.165, 1.54) is 25.1 Å². The van der Waals surface area contributed by atoms with Crippen LogP contribution in [-0.4, -0.2) is 105 Å². The van der Waals surface area contributed by atoms with Crippen LogP contribution in [0.5, 0.6) is 5.75 Å². The number of amides is 1. The molecule has 8 N–H and O–H groups in total. The summed E-state index contributed by atoms with van der Waals surface area (Å²) in [6, 6.07) is 0.0307. The summed E-state index contributed by atoms with van der Waals surface area (Å²) in [6.07, 6.45) is 1.60. The molecule has 2 unspecified atom stereocenters. The van der Waals surface area contributed by atoms with Gasteiger partial charge in [0.15, 0.2) is 11.4 Å². The lowest BCUT2D eigenvalue weighted by Crippen LogP contribution is -2.65. The van der Waals surface area contributed by atoms with Crippen molar-refractivity contribution in [1.82, 2.24) is 4.90 Å². The van der Waals surface area contributed by atoms with Gasteiger partial charge in [-0.25, -0.2) is 0 Å². The lowest BCUT2D eigenvalue weighted by Gasteiger charge is -2.50. The summed E-state index contributed by atoms with van der Waals surface area (Å²) in [5.74, 6) is -8.11. The Kier molecular flexibility index (Phi) is 9.47. The number of carbonyl (C=O) groups is 3. The first kappa shape index (κ1) is 34.4. The van der Waals surface area contributed by atoms with Gasteiger partial charge in [-0.15, -0.1) is 0 Å². The molecular formula is C26H34N4O13S. The van der Waals surface area contributed by atoms with Crippen LogP contribution in [0.4, 0.5) is 11.4 Å². The van der Waals surface area contributed by atoms with E-state index in [1.54, 1.807) is 11.9 Å². The van der Waals surface area contributed by atoms with E-state index in [4.69, 9.17) is 23.3 Å². The van der Waals surface area contributed by atoms with Gasteiger partial charge < -0.3 is 31.1 Å². The minimum absolute atomic E-state index is 0.0475. The first-order chi connectivity index (χ1) is 20.2. The maximum Gasteiger partial charge on any atom is 0.394 e. The topological polar surface area (TPSA) is 282 Å². The molecule has 1 aromatic rings. The molecule has 4 atom stereocenters. The fourth-order valence-corrected chi connectivity index (χ4v) is 6.27. The standard InChI is InChI=1S/C26H32N4O9.H2O4S/c1-5-6-7-29(4)14-10-15(30(38)39)20(31)17-12(14)8-11-9-13-19(28(2)3)22(33)18(25(27)36)24(35)26(13,37)23(34)16(11)21(17)32;1-5(2,3)4/h10-11,13,19,31-32,35,37H,5-9H2,1-4H3,(H2,27,36);(H2,1,2,3,4)/t11?,13?,19-,26-;/m0./s1. The molecule has 44 heavy (non-hydrogen) atoms. The number of phenols is 1. The number of nitrogens with zero attached hydrogens (tertiary/aromatic N) is 3. The summed E-state index contributed by atoms with van der Waals surface area (Å²) in [6.45, 7) is 2.51. The van der Waals surface area contributed by atoms with E-state index in [9.17, 15) is 44.9 Å².